The van der Waals surface area contributed by atoms with Crippen molar-refractivity contribution in [1.82, 2.24) is 10.6 Å². The number of ether oxygens (including phenoxy) is 2. The Morgan fingerprint density at radius 1 is 1.36 bits per heavy atom. The lowest BCUT2D eigenvalue weighted by Gasteiger charge is -2.28. The lowest BCUT2D eigenvalue weighted by Crippen LogP contribution is -2.45. The molecule has 1 atom stereocenters. The largest absolute Gasteiger partial charge is 0.460 e. The maximum atomic E-state index is 12.4. The number of hydrogen-bond donors (Lipinski definition) is 2. The van der Waals surface area contributed by atoms with Gasteiger partial charge in [-0.25, -0.2) is 9.59 Å². The third kappa shape index (κ3) is 4.54. The highest BCUT2D eigenvalue weighted by Crippen LogP contribution is 2.29. The minimum atomic E-state index is -0.840. The van der Waals surface area contributed by atoms with Gasteiger partial charge in [-0.3, -0.25) is 10.1 Å². The molecule has 1 unspecified atom stereocenters. The summed E-state index contributed by atoms with van der Waals surface area (Å²) in [6.07, 6.45) is 0. The zero-order valence-electron chi connectivity index (χ0n) is 13.9. The number of non-ortho nitro benzene ring substituents is 1. The predicted octanol–water partition coefficient (Wildman–Crippen LogP) is 1.80. The van der Waals surface area contributed by atoms with Crippen LogP contribution in [0.4, 0.5) is 10.5 Å². The first-order chi connectivity index (χ1) is 11.9. The number of urea groups is 1. The van der Waals surface area contributed by atoms with Crippen molar-refractivity contribution in [1.29, 1.82) is 0 Å². The molecule has 1 aliphatic heterocycles. The maximum Gasteiger partial charge on any atom is 0.338 e. The van der Waals surface area contributed by atoms with E-state index in [1.807, 2.05) is 6.92 Å². The molecule has 9 nitrogen and oxygen atoms in total. The van der Waals surface area contributed by atoms with Gasteiger partial charge in [-0.05, 0) is 19.4 Å². The lowest BCUT2D eigenvalue weighted by atomic mass is 9.95. The Morgan fingerprint density at radius 2 is 2.12 bits per heavy atom. The maximum absolute atomic E-state index is 12.4. The Morgan fingerprint density at radius 3 is 2.80 bits per heavy atom. The summed E-state index contributed by atoms with van der Waals surface area (Å²) in [5.41, 5.74) is 0.811. The first kappa shape index (κ1) is 18.4. The molecule has 134 valence electrons. The molecule has 0 bridgehead atoms. The van der Waals surface area contributed by atoms with Crippen molar-refractivity contribution in [2.24, 2.45) is 0 Å². The summed E-state index contributed by atoms with van der Waals surface area (Å²) in [6, 6.07) is 4.41. The van der Waals surface area contributed by atoms with Crippen LogP contribution in [0.1, 0.15) is 25.5 Å². The summed E-state index contributed by atoms with van der Waals surface area (Å²) in [5.74, 6) is -0.624. The molecule has 2 N–H and O–H groups in total. The summed E-state index contributed by atoms with van der Waals surface area (Å²) in [7, 11) is 0. The Labute approximate surface area is 144 Å². The van der Waals surface area contributed by atoms with Crippen LogP contribution in [0.2, 0.25) is 0 Å². The molecule has 2 rings (SSSR count). The molecule has 0 saturated carbocycles. The fraction of sp³-hybridized carbons (Fsp3) is 0.375. The van der Waals surface area contributed by atoms with E-state index in [0.29, 0.717) is 17.9 Å². The van der Waals surface area contributed by atoms with Crippen molar-refractivity contribution in [3.63, 3.8) is 0 Å². The number of rotatable bonds is 7. The molecular formula is C16H19N3O6. The molecule has 25 heavy (non-hydrogen) atoms. The number of carbonyl (C=O) groups excluding carboxylic acids is 2. The van der Waals surface area contributed by atoms with E-state index in [1.54, 1.807) is 13.0 Å². The van der Waals surface area contributed by atoms with Crippen molar-refractivity contribution in [2.75, 3.05) is 19.8 Å². The Kier molecular flexibility index (Phi) is 6.07. The Balaban J connectivity index is 2.29. The van der Waals surface area contributed by atoms with Gasteiger partial charge in [0.1, 0.15) is 6.61 Å². The van der Waals surface area contributed by atoms with E-state index in [4.69, 9.17) is 9.47 Å². The van der Waals surface area contributed by atoms with Crippen LogP contribution in [-0.2, 0) is 14.3 Å². The molecule has 0 radical (unpaired) electrons. The zero-order valence-corrected chi connectivity index (χ0v) is 13.9. The molecule has 1 heterocycles. The molecule has 0 aliphatic carbocycles. The third-order valence-corrected chi connectivity index (χ3v) is 3.57. The Bertz CT molecular complexity index is 716. The zero-order chi connectivity index (χ0) is 18.4. The number of hydrogen-bond acceptors (Lipinski definition) is 6. The highest BCUT2D eigenvalue weighted by atomic mass is 16.6. The van der Waals surface area contributed by atoms with Crippen molar-refractivity contribution < 1.29 is 24.0 Å². The fourth-order valence-electron chi connectivity index (χ4n) is 2.45. The van der Waals surface area contributed by atoms with E-state index < -0.39 is 23.0 Å². The van der Waals surface area contributed by atoms with Gasteiger partial charge < -0.3 is 20.1 Å². The Hall–Kier alpha value is -2.94. The minimum absolute atomic E-state index is 0.0685. The van der Waals surface area contributed by atoms with Crippen molar-refractivity contribution in [2.45, 2.75) is 19.9 Å². The molecule has 9 heteroatoms. The van der Waals surface area contributed by atoms with Crippen LogP contribution in [0.5, 0.6) is 0 Å². The van der Waals surface area contributed by atoms with Crippen LogP contribution in [0.25, 0.3) is 0 Å². The summed E-state index contributed by atoms with van der Waals surface area (Å²) in [6.45, 7) is 4.23. The number of amides is 2. The molecule has 1 aliphatic rings. The van der Waals surface area contributed by atoms with Crippen molar-refractivity contribution >= 4 is 17.7 Å². The average molecular weight is 349 g/mol. The van der Waals surface area contributed by atoms with Gasteiger partial charge in [0.05, 0.1) is 23.1 Å². The van der Waals surface area contributed by atoms with Gasteiger partial charge in [0.2, 0.25) is 0 Å². The molecule has 1 aromatic rings. The van der Waals surface area contributed by atoms with Gasteiger partial charge >= 0.3 is 12.0 Å². The van der Waals surface area contributed by atoms with Crippen LogP contribution >= 0.6 is 0 Å². The van der Waals surface area contributed by atoms with E-state index in [9.17, 15) is 19.7 Å². The fourth-order valence-corrected chi connectivity index (χ4v) is 2.45. The highest BCUT2D eigenvalue weighted by molar-refractivity contribution is 5.95. The number of esters is 1. The highest BCUT2D eigenvalue weighted by Gasteiger charge is 2.32. The van der Waals surface area contributed by atoms with E-state index >= 15 is 0 Å². The van der Waals surface area contributed by atoms with Crippen LogP contribution in [0.15, 0.2) is 35.5 Å². The molecule has 0 saturated heterocycles. The summed E-state index contributed by atoms with van der Waals surface area (Å²) in [5, 5.41) is 16.1. The van der Waals surface area contributed by atoms with Gasteiger partial charge in [-0.1, -0.05) is 12.1 Å². The SMILES string of the molecule is CCOCCOC(=O)C1=C(C)NC(=O)NC1c1cccc([N+](=O)[O-])c1. The van der Waals surface area contributed by atoms with Gasteiger partial charge in [0.25, 0.3) is 5.69 Å². The first-order valence-corrected chi connectivity index (χ1v) is 7.71. The summed E-state index contributed by atoms with van der Waals surface area (Å²) < 4.78 is 10.3. The van der Waals surface area contributed by atoms with Crippen LogP contribution in [0, 0.1) is 10.1 Å². The molecular weight excluding hydrogens is 330 g/mol. The van der Waals surface area contributed by atoms with Crippen molar-refractivity contribution in [3.05, 3.63) is 51.2 Å². The van der Waals surface area contributed by atoms with Crippen LogP contribution in [0.3, 0.4) is 0 Å². The number of allylic oxidation sites excluding steroid dienone is 1. The van der Waals surface area contributed by atoms with Crippen LogP contribution < -0.4 is 10.6 Å². The van der Waals surface area contributed by atoms with Crippen molar-refractivity contribution in [3.8, 4) is 0 Å². The quantitative estimate of drug-likeness (QED) is 0.335. The number of nitrogens with one attached hydrogen (secondary N) is 2. The van der Waals surface area contributed by atoms with Gasteiger partial charge in [-0.15, -0.1) is 0 Å². The van der Waals surface area contributed by atoms with Crippen LogP contribution in [-0.4, -0.2) is 36.7 Å². The first-order valence-electron chi connectivity index (χ1n) is 7.71. The molecule has 1 aromatic carbocycles. The van der Waals surface area contributed by atoms with E-state index in [0.717, 1.165) is 0 Å². The molecule has 0 fully saturated rings. The second-order valence-corrected chi connectivity index (χ2v) is 5.26. The summed E-state index contributed by atoms with van der Waals surface area (Å²) in [4.78, 5) is 34.6. The smallest absolute Gasteiger partial charge is 0.338 e. The number of nitro groups is 1. The number of nitro benzene ring substituents is 1. The standard InChI is InChI=1S/C16H19N3O6/c1-3-24-7-8-25-15(20)13-10(2)17-16(21)18-14(13)11-5-4-6-12(9-11)19(22)23/h4-6,9,14H,3,7-8H2,1-2H3,(H2,17,18,21). The van der Waals surface area contributed by atoms with E-state index in [2.05, 4.69) is 10.6 Å². The minimum Gasteiger partial charge on any atom is -0.460 e. The molecule has 0 aromatic heterocycles. The van der Waals surface area contributed by atoms with Gasteiger partial charge in [0.15, 0.2) is 0 Å². The lowest BCUT2D eigenvalue weighted by molar-refractivity contribution is -0.384. The van der Waals surface area contributed by atoms with E-state index in [1.165, 1.54) is 18.2 Å². The predicted molar refractivity (Wildman–Crippen MR) is 87.7 cm³/mol. The second kappa shape index (κ2) is 8.25. The van der Waals surface area contributed by atoms with Gasteiger partial charge in [-0.2, -0.15) is 0 Å². The topological polar surface area (TPSA) is 120 Å². The van der Waals surface area contributed by atoms with Gasteiger partial charge in [0, 0.05) is 24.4 Å². The average Bonchev–Trinajstić information content (AvgIpc) is 2.58. The molecule has 0 spiro atoms. The number of carbonyl (C=O) groups is 2. The third-order valence-electron chi connectivity index (χ3n) is 3.57. The second-order valence-electron chi connectivity index (χ2n) is 5.26. The van der Waals surface area contributed by atoms with E-state index in [-0.39, 0.29) is 24.5 Å². The normalized spacial score (nSPS) is 16.9. The number of benzene rings is 1. The monoisotopic (exact) mass is 349 g/mol. The summed E-state index contributed by atoms with van der Waals surface area (Å²) >= 11 is 0. The molecule has 2 amide bonds. The number of nitrogens with zero attached hydrogens (tertiary/aromatic N) is 1.